The standard InChI is InChI=1S/C15H31N3O/c1-4-9-17-13(14(16)19)7-10-18-11-8-15(5-2,6-3)12-18/h13,17H,4-12H2,1-3H3,(H2,16,19). The number of hydrogen-bond donors (Lipinski definition) is 2. The summed E-state index contributed by atoms with van der Waals surface area (Å²) in [5, 5.41) is 3.24. The number of primary amides is 1. The van der Waals surface area contributed by atoms with Crippen molar-refractivity contribution < 1.29 is 4.79 Å². The van der Waals surface area contributed by atoms with E-state index in [0.29, 0.717) is 5.41 Å². The molecular formula is C15H31N3O. The minimum absolute atomic E-state index is 0.168. The van der Waals surface area contributed by atoms with Crippen LogP contribution in [-0.2, 0) is 4.79 Å². The Kier molecular flexibility index (Phi) is 6.80. The van der Waals surface area contributed by atoms with Gasteiger partial charge in [0.05, 0.1) is 6.04 Å². The van der Waals surface area contributed by atoms with Crippen LogP contribution in [0.1, 0.15) is 52.9 Å². The van der Waals surface area contributed by atoms with E-state index in [-0.39, 0.29) is 11.9 Å². The van der Waals surface area contributed by atoms with Crippen LogP contribution in [-0.4, -0.2) is 43.0 Å². The minimum Gasteiger partial charge on any atom is -0.368 e. The van der Waals surface area contributed by atoms with Gasteiger partial charge in [-0.25, -0.2) is 0 Å². The van der Waals surface area contributed by atoms with E-state index in [1.165, 1.54) is 32.4 Å². The molecule has 112 valence electrons. The highest BCUT2D eigenvalue weighted by atomic mass is 16.1. The van der Waals surface area contributed by atoms with Gasteiger partial charge in [0, 0.05) is 13.1 Å². The predicted molar refractivity (Wildman–Crippen MR) is 80.0 cm³/mol. The quantitative estimate of drug-likeness (QED) is 0.670. The Labute approximate surface area is 118 Å². The van der Waals surface area contributed by atoms with Gasteiger partial charge in [-0.3, -0.25) is 4.79 Å². The molecule has 0 bridgehead atoms. The SMILES string of the molecule is CCCNC(CCN1CCC(CC)(CC)C1)C(N)=O. The Balaban J connectivity index is 2.37. The van der Waals surface area contributed by atoms with Gasteiger partial charge < -0.3 is 16.0 Å². The van der Waals surface area contributed by atoms with E-state index in [0.717, 1.165) is 25.9 Å². The van der Waals surface area contributed by atoms with Crippen LogP contribution < -0.4 is 11.1 Å². The third kappa shape index (κ3) is 4.77. The predicted octanol–water partition coefficient (Wildman–Crippen LogP) is 1.74. The molecule has 1 unspecified atom stereocenters. The fraction of sp³-hybridized carbons (Fsp3) is 0.933. The van der Waals surface area contributed by atoms with Gasteiger partial charge in [0.25, 0.3) is 0 Å². The highest BCUT2D eigenvalue weighted by molar-refractivity contribution is 5.79. The van der Waals surface area contributed by atoms with Gasteiger partial charge in [-0.1, -0.05) is 20.8 Å². The number of nitrogens with one attached hydrogen (secondary N) is 1. The second-order valence-electron chi connectivity index (χ2n) is 5.93. The fourth-order valence-corrected chi connectivity index (χ4v) is 3.02. The monoisotopic (exact) mass is 269 g/mol. The molecule has 1 rings (SSSR count). The average molecular weight is 269 g/mol. The van der Waals surface area contributed by atoms with E-state index >= 15 is 0 Å². The van der Waals surface area contributed by atoms with Crippen LogP contribution in [0.15, 0.2) is 0 Å². The van der Waals surface area contributed by atoms with Gasteiger partial charge in [-0.2, -0.15) is 0 Å². The van der Waals surface area contributed by atoms with Crippen molar-refractivity contribution in [2.75, 3.05) is 26.2 Å². The van der Waals surface area contributed by atoms with Crippen molar-refractivity contribution in [1.82, 2.24) is 10.2 Å². The Morgan fingerprint density at radius 1 is 1.37 bits per heavy atom. The lowest BCUT2D eigenvalue weighted by atomic mass is 9.82. The number of nitrogens with two attached hydrogens (primary N) is 1. The first kappa shape index (κ1) is 16.4. The summed E-state index contributed by atoms with van der Waals surface area (Å²) in [6, 6.07) is -0.168. The molecule has 1 fully saturated rings. The highest BCUT2D eigenvalue weighted by Gasteiger charge is 2.34. The maximum atomic E-state index is 11.4. The summed E-state index contributed by atoms with van der Waals surface area (Å²) >= 11 is 0. The second-order valence-corrected chi connectivity index (χ2v) is 5.93. The van der Waals surface area contributed by atoms with Crippen molar-refractivity contribution in [3.8, 4) is 0 Å². The van der Waals surface area contributed by atoms with E-state index in [9.17, 15) is 4.79 Å². The number of carbonyl (C=O) groups excluding carboxylic acids is 1. The topological polar surface area (TPSA) is 58.4 Å². The molecule has 1 amide bonds. The van der Waals surface area contributed by atoms with E-state index < -0.39 is 0 Å². The zero-order valence-electron chi connectivity index (χ0n) is 12.9. The molecule has 0 aromatic heterocycles. The van der Waals surface area contributed by atoms with Crippen LogP contribution in [0.4, 0.5) is 0 Å². The third-order valence-electron chi connectivity index (χ3n) is 4.74. The van der Waals surface area contributed by atoms with Crippen LogP contribution in [0.2, 0.25) is 0 Å². The van der Waals surface area contributed by atoms with Crippen molar-refractivity contribution in [1.29, 1.82) is 0 Å². The summed E-state index contributed by atoms with van der Waals surface area (Å²) in [7, 11) is 0. The van der Waals surface area contributed by atoms with Crippen LogP contribution >= 0.6 is 0 Å². The molecule has 1 atom stereocenters. The number of nitrogens with zero attached hydrogens (tertiary/aromatic N) is 1. The van der Waals surface area contributed by atoms with Gasteiger partial charge in [-0.15, -0.1) is 0 Å². The Morgan fingerprint density at radius 2 is 2.05 bits per heavy atom. The molecule has 19 heavy (non-hydrogen) atoms. The second kappa shape index (κ2) is 7.85. The van der Waals surface area contributed by atoms with Crippen molar-refractivity contribution in [3.63, 3.8) is 0 Å². The van der Waals surface area contributed by atoms with Crippen LogP contribution in [0.3, 0.4) is 0 Å². The molecule has 0 saturated carbocycles. The van der Waals surface area contributed by atoms with Crippen molar-refractivity contribution >= 4 is 5.91 Å². The molecule has 0 aromatic carbocycles. The van der Waals surface area contributed by atoms with E-state index in [1.807, 2.05) is 0 Å². The minimum atomic E-state index is -0.218. The van der Waals surface area contributed by atoms with Crippen LogP contribution in [0.5, 0.6) is 0 Å². The largest absolute Gasteiger partial charge is 0.368 e. The lowest BCUT2D eigenvalue weighted by molar-refractivity contribution is -0.120. The Bertz CT molecular complexity index is 277. The zero-order valence-corrected chi connectivity index (χ0v) is 12.9. The summed E-state index contributed by atoms with van der Waals surface area (Å²) in [5.41, 5.74) is 5.96. The molecular weight excluding hydrogens is 238 g/mol. The number of amides is 1. The molecule has 1 aliphatic rings. The van der Waals surface area contributed by atoms with Crippen molar-refractivity contribution in [3.05, 3.63) is 0 Å². The zero-order chi connectivity index (χ0) is 14.3. The maximum Gasteiger partial charge on any atom is 0.234 e. The number of likely N-dealkylation sites (tertiary alicyclic amines) is 1. The summed E-state index contributed by atoms with van der Waals surface area (Å²) in [4.78, 5) is 13.9. The van der Waals surface area contributed by atoms with E-state index in [4.69, 9.17) is 5.73 Å². The molecule has 0 aliphatic carbocycles. The normalized spacial score (nSPS) is 20.6. The first-order valence-electron chi connectivity index (χ1n) is 7.82. The third-order valence-corrected chi connectivity index (χ3v) is 4.74. The lowest BCUT2D eigenvalue weighted by Gasteiger charge is -2.27. The van der Waals surface area contributed by atoms with Gasteiger partial charge in [0.2, 0.25) is 5.91 Å². The van der Waals surface area contributed by atoms with Crippen LogP contribution in [0, 0.1) is 5.41 Å². The first-order chi connectivity index (χ1) is 9.06. The number of hydrogen-bond acceptors (Lipinski definition) is 3. The number of carbonyl (C=O) groups is 1. The maximum absolute atomic E-state index is 11.4. The summed E-state index contributed by atoms with van der Waals surface area (Å²) in [6.45, 7) is 10.9. The van der Waals surface area contributed by atoms with Gasteiger partial charge in [0.1, 0.15) is 0 Å². The Morgan fingerprint density at radius 3 is 2.53 bits per heavy atom. The summed E-state index contributed by atoms with van der Waals surface area (Å²) < 4.78 is 0. The summed E-state index contributed by atoms with van der Waals surface area (Å²) in [6.07, 6.45) is 5.67. The molecule has 4 heteroatoms. The Hall–Kier alpha value is -0.610. The van der Waals surface area contributed by atoms with Gasteiger partial charge in [0.15, 0.2) is 0 Å². The van der Waals surface area contributed by atoms with Crippen molar-refractivity contribution in [2.45, 2.75) is 58.9 Å². The lowest BCUT2D eigenvalue weighted by Crippen LogP contribution is -2.43. The molecule has 1 heterocycles. The molecule has 4 nitrogen and oxygen atoms in total. The smallest absolute Gasteiger partial charge is 0.234 e. The van der Waals surface area contributed by atoms with E-state index in [2.05, 4.69) is 31.0 Å². The van der Waals surface area contributed by atoms with Gasteiger partial charge in [-0.05, 0) is 50.6 Å². The first-order valence-corrected chi connectivity index (χ1v) is 7.82. The van der Waals surface area contributed by atoms with Crippen LogP contribution in [0.25, 0.3) is 0 Å². The molecule has 1 aliphatic heterocycles. The fourth-order valence-electron chi connectivity index (χ4n) is 3.02. The number of rotatable bonds is 9. The van der Waals surface area contributed by atoms with Gasteiger partial charge >= 0.3 is 0 Å². The molecule has 0 spiro atoms. The molecule has 0 radical (unpaired) electrons. The average Bonchev–Trinajstić information content (AvgIpc) is 2.83. The van der Waals surface area contributed by atoms with E-state index in [1.54, 1.807) is 0 Å². The molecule has 0 aromatic rings. The molecule has 3 N–H and O–H groups in total. The van der Waals surface area contributed by atoms with Crippen molar-refractivity contribution in [2.24, 2.45) is 11.1 Å². The summed E-state index contributed by atoms with van der Waals surface area (Å²) in [5.74, 6) is -0.218. The highest BCUT2D eigenvalue weighted by Crippen LogP contribution is 2.36. The molecule has 1 saturated heterocycles.